The van der Waals surface area contributed by atoms with E-state index in [0.717, 1.165) is 15.6 Å². The smallest absolute Gasteiger partial charge is 0.411 e. The van der Waals surface area contributed by atoms with E-state index in [4.69, 9.17) is 5.11 Å². The molecule has 0 bridgehead atoms. The van der Waals surface area contributed by atoms with Crippen molar-refractivity contribution in [1.29, 1.82) is 0 Å². The van der Waals surface area contributed by atoms with Crippen molar-refractivity contribution >= 4 is 33.3 Å². The van der Waals surface area contributed by atoms with Crippen LogP contribution in [0.15, 0.2) is 17.2 Å². The fourth-order valence-corrected chi connectivity index (χ4v) is 2.12. The van der Waals surface area contributed by atoms with Gasteiger partial charge in [-0.25, -0.2) is 4.79 Å². The Morgan fingerprint density at radius 1 is 1.69 bits per heavy atom. The predicted octanol–water partition coefficient (Wildman–Crippen LogP) is 3.05. The van der Waals surface area contributed by atoms with Gasteiger partial charge < -0.3 is 5.11 Å². The van der Waals surface area contributed by atoms with Crippen molar-refractivity contribution in [2.75, 3.05) is 11.4 Å². The van der Waals surface area contributed by atoms with E-state index in [9.17, 15) is 4.79 Å². The Balaban J connectivity index is 2.67. The zero-order chi connectivity index (χ0) is 11.9. The average Bonchev–Trinajstić information content (AvgIpc) is 2.23. The third-order valence-corrected chi connectivity index (χ3v) is 3.52. The van der Waals surface area contributed by atoms with Crippen LogP contribution in [0.5, 0.6) is 0 Å². The second-order valence-electron chi connectivity index (χ2n) is 3.72. The molecule has 1 N–H and O–H groups in total. The lowest BCUT2D eigenvalue weighted by atomic mass is 10.0. The van der Waals surface area contributed by atoms with Gasteiger partial charge in [-0.15, -0.1) is 0 Å². The van der Waals surface area contributed by atoms with Crippen LogP contribution in [0.25, 0.3) is 5.57 Å². The Labute approximate surface area is 102 Å². The van der Waals surface area contributed by atoms with Gasteiger partial charge in [-0.3, -0.25) is 9.88 Å². The maximum absolute atomic E-state index is 11.1. The first-order valence-corrected chi connectivity index (χ1v) is 5.65. The lowest BCUT2D eigenvalue weighted by molar-refractivity contribution is 0.201. The van der Waals surface area contributed by atoms with Gasteiger partial charge in [-0.1, -0.05) is 6.58 Å². The Morgan fingerprint density at radius 2 is 2.38 bits per heavy atom. The summed E-state index contributed by atoms with van der Waals surface area (Å²) in [6.45, 7) is 6.24. The van der Waals surface area contributed by atoms with Crippen molar-refractivity contribution in [2.24, 2.45) is 0 Å². The monoisotopic (exact) mass is 282 g/mol. The number of nitrogens with zero attached hydrogens (tertiary/aromatic N) is 2. The summed E-state index contributed by atoms with van der Waals surface area (Å²) in [7, 11) is 0. The van der Waals surface area contributed by atoms with Gasteiger partial charge in [0.2, 0.25) is 0 Å². The number of pyridine rings is 1. The Bertz CT molecular complexity index is 485. The van der Waals surface area contributed by atoms with Gasteiger partial charge in [-0.05, 0) is 40.4 Å². The third-order valence-electron chi connectivity index (χ3n) is 2.72. The van der Waals surface area contributed by atoms with E-state index in [0.29, 0.717) is 24.3 Å². The van der Waals surface area contributed by atoms with E-state index < -0.39 is 6.09 Å². The summed E-state index contributed by atoms with van der Waals surface area (Å²) in [4.78, 5) is 16.7. The van der Waals surface area contributed by atoms with Gasteiger partial charge in [-0.2, -0.15) is 0 Å². The lowest BCUT2D eigenvalue weighted by Crippen LogP contribution is -2.34. The Hall–Kier alpha value is -1.36. The van der Waals surface area contributed by atoms with E-state index in [1.54, 1.807) is 6.20 Å². The molecule has 0 fully saturated rings. The molecule has 1 aliphatic heterocycles. The summed E-state index contributed by atoms with van der Waals surface area (Å²) in [5.74, 6) is 0. The number of aromatic nitrogens is 1. The van der Waals surface area contributed by atoms with E-state index in [1.807, 2.05) is 6.92 Å². The normalized spacial score (nSPS) is 14.9. The van der Waals surface area contributed by atoms with Crippen LogP contribution in [-0.4, -0.2) is 22.7 Å². The molecular weight excluding hydrogens is 272 g/mol. The molecule has 4 nitrogen and oxygen atoms in total. The summed E-state index contributed by atoms with van der Waals surface area (Å²) in [5.41, 5.74) is 3.11. The first-order chi connectivity index (χ1) is 7.52. The molecule has 5 heteroatoms. The SMILES string of the molecule is C=C1CCN(C(=O)O)c2c1ncc(Br)c2C. The Kier molecular flexibility index (Phi) is 2.71. The van der Waals surface area contributed by atoms with Crippen molar-refractivity contribution in [3.63, 3.8) is 0 Å². The van der Waals surface area contributed by atoms with Crippen LogP contribution in [0.1, 0.15) is 17.7 Å². The van der Waals surface area contributed by atoms with Crippen LogP contribution in [0.3, 0.4) is 0 Å². The number of carbonyl (C=O) groups is 1. The molecule has 0 atom stereocenters. The third kappa shape index (κ3) is 1.61. The molecule has 84 valence electrons. The molecule has 1 aromatic rings. The van der Waals surface area contributed by atoms with Crippen LogP contribution in [0.2, 0.25) is 0 Å². The quantitative estimate of drug-likeness (QED) is 0.796. The zero-order valence-corrected chi connectivity index (χ0v) is 10.4. The minimum atomic E-state index is -0.947. The molecular formula is C11H11BrN2O2. The minimum Gasteiger partial charge on any atom is -0.465 e. The molecule has 2 rings (SSSR count). The first kappa shape index (κ1) is 11.1. The van der Waals surface area contributed by atoms with Crippen LogP contribution < -0.4 is 4.90 Å². The van der Waals surface area contributed by atoms with Gasteiger partial charge >= 0.3 is 6.09 Å². The molecule has 0 aromatic carbocycles. The molecule has 1 amide bonds. The number of carboxylic acid groups (broad SMARTS) is 1. The van der Waals surface area contributed by atoms with E-state index in [1.165, 1.54) is 4.90 Å². The van der Waals surface area contributed by atoms with Gasteiger partial charge in [0.15, 0.2) is 0 Å². The van der Waals surface area contributed by atoms with Crippen LogP contribution in [0.4, 0.5) is 10.5 Å². The van der Waals surface area contributed by atoms with Crippen molar-refractivity contribution in [3.8, 4) is 0 Å². The molecule has 0 unspecified atom stereocenters. The molecule has 0 radical (unpaired) electrons. The van der Waals surface area contributed by atoms with Crippen molar-refractivity contribution in [2.45, 2.75) is 13.3 Å². The summed E-state index contributed by atoms with van der Waals surface area (Å²) in [6, 6.07) is 0. The molecule has 1 aliphatic rings. The highest BCUT2D eigenvalue weighted by molar-refractivity contribution is 9.10. The molecule has 2 heterocycles. The van der Waals surface area contributed by atoms with E-state index >= 15 is 0 Å². The summed E-state index contributed by atoms with van der Waals surface area (Å²) < 4.78 is 0.812. The maximum Gasteiger partial charge on any atom is 0.411 e. The van der Waals surface area contributed by atoms with Crippen molar-refractivity contribution < 1.29 is 9.90 Å². The minimum absolute atomic E-state index is 0.445. The molecule has 0 saturated heterocycles. The van der Waals surface area contributed by atoms with Crippen LogP contribution >= 0.6 is 15.9 Å². The fourth-order valence-electron chi connectivity index (χ4n) is 1.83. The number of hydrogen-bond donors (Lipinski definition) is 1. The number of hydrogen-bond acceptors (Lipinski definition) is 2. The molecule has 1 aromatic heterocycles. The number of amides is 1. The molecule has 0 saturated carbocycles. The Morgan fingerprint density at radius 3 is 3.00 bits per heavy atom. The number of fused-ring (bicyclic) bond motifs is 1. The maximum atomic E-state index is 11.1. The van der Waals surface area contributed by atoms with Crippen molar-refractivity contribution in [1.82, 2.24) is 4.98 Å². The molecule has 0 aliphatic carbocycles. The fraction of sp³-hybridized carbons (Fsp3) is 0.273. The number of halogens is 1. The summed E-state index contributed by atoms with van der Waals surface area (Å²) >= 11 is 3.36. The van der Waals surface area contributed by atoms with E-state index in [2.05, 4.69) is 27.5 Å². The number of anilines is 1. The highest BCUT2D eigenvalue weighted by Gasteiger charge is 2.27. The van der Waals surface area contributed by atoms with Gasteiger partial charge in [0, 0.05) is 17.2 Å². The van der Waals surface area contributed by atoms with Crippen LogP contribution in [0, 0.1) is 6.92 Å². The second kappa shape index (κ2) is 3.90. The average molecular weight is 283 g/mol. The lowest BCUT2D eigenvalue weighted by Gasteiger charge is -2.29. The van der Waals surface area contributed by atoms with Gasteiger partial charge in [0.05, 0.1) is 11.4 Å². The molecule has 0 spiro atoms. The summed E-state index contributed by atoms with van der Waals surface area (Å²) in [6.07, 6.45) is 1.37. The van der Waals surface area contributed by atoms with Crippen LogP contribution in [-0.2, 0) is 0 Å². The zero-order valence-electron chi connectivity index (χ0n) is 8.83. The van der Waals surface area contributed by atoms with Gasteiger partial charge in [0.25, 0.3) is 0 Å². The van der Waals surface area contributed by atoms with E-state index in [-0.39, 0.29) is 0 Å². The molecule has 16 heavy (non-hydrogen) atoms. The highest BCUT2D eigenvalue weighted by atomic mass is 79.9. The highest BCUT2D eigenvalue weighted by Crippen LogP contribution is 2.37. The largest absolute Gasteiger partial charge is 0.465 e. The summed E-state index contributed by atoms with van der Waals surface area (Å²) in [5, 5.41) is 9.14. The predicted molar refractivity (Wildman–Crippen MR) is 65.7 cm³/mol. The first-order valence-electron chi connectivity index (χ1n) is 4.86. The van der Waals surface area contributed by atoms with Crippen molar-refractivity contribution in [3.05, 3.63) is 28.5 Å². The second-order valence-corrected chi connectivity index (χ2v) is 4.57. The topological polar surface area (TPSA) is 53.4 Å². The standard InChI is InChI=1S/C11H11BrN2O2/c1-6-3-4-14(11(15)16)10-7(2)8(12)5-13-9(6)10/h5H,1,3-4H2,2H3,(H,15,16). The van der Waals surface area contributed by atoms with Gasteiger partial charge in [0.1, 0.15) is 0 Å². The number of rotatable bonds is 0.